The zero-order valence-corrected chi connectivity index (χ0v) is 13.5. The molecule has 0 fully saturated rings. The summed E-state index contributed by atoms with van der Waals surface area (Å²) in [6, 6.07) is 1.97. The van der Waals surface area contributed by atoms with Crippen LogP contribution < -0.4 is 5.32 Å². The van der Waals surface area contributed by atoms with Crippen molar-refractivity contribution in [3.05, 3.63) is 23.7 Å². The van der Waals surface area contributed by atoms with Crippen molar-refractivity contribution in [2.24, 2.45) is 5.92 Å². The largest absolute Gasteiger partial charge is 0.468 e. The van der Waals surface area contributed by atoms with Gasteiger partial charge in [0.2, 0.25) is 0 Å². The maximum atomic E-state index is 5.63. The minimum Gasteiger partial charge on any atom is -0.468 e. The second kappa shape index (κ2) is 8.45. The third-order valence-electron chi connectivity index (χ3n) is 2.70. The van der Waals surface area contributed by atoms with Gasteiger partial charge in [-0.2, -0.15) is 0 Å². The Kier molecular flexibility index (Phi) is 7.27. The first-order valence-electron chi connectivity index (χ1n) is 7.36. The van der Waals surface area contributed by atoms with Gasteiger partial charge in [0, 0.05) is 5.56 Å². The fourth-order valence-electron chi connectivity index (χ4n) is 1.71. The molecule has 1 aromatic heterocycles. The van der Waals surface area contributed by atoms with Gasteiger partial charge in [-0.25, -0.2) is 0 Å². The number of hydrogen-bond acceptors (Lipinski definition) is 4. The maximum Gasteiger partial charge on any atom is 0.123 e. The molecular formula is C16H29NO3. The standard InChI is InChI=1S/C16H29NO3/c1-13(2)10-17-11-15-14(6-7-19-15)12-18-8-9-20-16(3,4)5/h6-7,13,17H,8-12H2,1-5H3. The van der Waals surface area contributed by atoms with Gasteiger partial charge in [-0.1, -0.05) is 13.8 Å². The molecule has 0 amide bonds. The van der Waals surface area contributed by atoms with Gasteiger partial charge in [0.15, 0.2) is 0 Å². The van der Waals surface area contributed by atoms with Crippen molar-refractivity contribution in [3.63, 3.8) is 0 Å². The van der Waals surface area contributed by atoms with E-state index in [1.165, 1.54) is 0 Å². The van der Waals surface area contributed by atoms with Crippen LogP contribution in [0, 0.1) is 5.92 Å². The zero-order valence-electron chi connectivity index (χ0n) is 13.5. The smallest absolute Gasteiger partial charge is 0.123 e. The number of hydrogen-bond donors (Lipinski definition) is 1. The molecule has 116 valence electrons. The van der Waals surface area contributed by atoms with E-state index in [9.17, 15) is 0 Å². The van der Waals surface area contributed by atoms with E-state index in [0.717, 1.165) is 24.4 Å². The second-order valence-electron chi connectivity index (χ2n) is 6.41. The Bertz CT molecular complexity index is 366. The molecule has 1 rings (SSSR count). The molecular weight excluding hydrogens is 254 g/mol. The maximum absolute atomic E-state index is 5.63. The highest BCUT2D eigenvalue weighted by Crippen LogP contribution is 2.12. The van der Waals surface area contributed by atoms with Gasteiger partial charge >= 0.3 is 0 Å². The molecule has 0 radical (unpaired) electrons. The zero-order chi connectivity index (χ0) is 15.0. The van der Waals surface area contributed by atoms with Crippen LogP contribution in [0.25, 0.3) is 0 Å². The lowest BCUT2D eigenvalue weighted by Gasteiger charge is -2.19. The summed E-state index contributed by atoms with van der Waals surface area (Å²) >= 11 is 0. The van der Waals surface area contributed by atoms with Gasteiger partial charge in [0.05, 0.1) is 38.2 Å². The highest BCUT2D eigenvalue weighted by atomic mass is 16.5. The lowest BCUT2D eigenvalue weighted by molar-refractivity contribution is -0.0378. The molecule has 1 N–H and O–H groups in total. The highest BCUT2D eigenvalue weighted by molar-refractivity contribution is 5.15. The van der Waals surface area contributed by atoms with E-state index in [1.54, 1.807) is 6.26 Å². The first-order chi connectivity index (χ1) is 9.38. The summed E-state index contributed by atoms with van der Waals surface area (Å²) in [5, 5.41) is 3.38. The van der Waals surface area contributed by atoms with Crippen molar-refractivity contribution in [1.29, 1.82) is 0 Å². The molecule has 4 nitrogen and oxygen atoms in total. The monoisotopic (exact) mass is 283 g/mol. The van der Waals surface area contributed by atoms with E-state index in [2.05, 4.69) is 19.2 Å². The SMILES string of the molecule is CC(C)CNCc1occc1COCCOC(C)(C)C. The third kappa shape index (κ3) is 7.68. The molecule has 0 aliphatic carbocycles. The van der Waals surface area contributed by atoms with Crippen LogP contribution in [0.3, 0.4) is 0 Å². The highest BCUT2D eigenvalue weighted by Gasteiger charge is 2.10. The van der Waals surface area contributed by atoms with Crippen molar-refractivity contribution >= 4 is 0 Å². The summed E-state index contributed by atoms with van der Waals surface area (Å²) in [6.07, 6.45) is 1.72. The Morgan fingerprint density at radius 2 is 2.00 bits per heavy atom. The fourth-order valence-corrected chi connectivity index (χ4v) is 1.71. The van der Waals surface area contributed by atoms with E-state index < -0.39 is 0 Å². The summed E-state index contributed by atoms with van der Waals surface area (Å²) in [5.74, 6) is 1.60. The molecule has 0 saturated heterocycles. The van der Waals surface area contributed by atoms with Crippen LogP contribution in [0.2, 0.25) is 0 Å². The molecule has 0 bridgehead atoms. The van der Waals surface area contributed by atoms with Crippen LogP contribution in [0.4, 0.5) is 0 Å². The molecule has 0 spiro atoms. The fraction of sp³-hybridized carbons (Fsp3) is 0.750. The van der Waals surface area contributed by atoms with Crippen molar-refractivity contribution < 1.29 is 13.9 Å². The van der Waals surface area contributed by atoms with Crippen LogP contribution in [0.1, 0.15) is 45.9 Å². The molecule has 1 heterocycles. The Balaban J connectivity index is 2.22. The second-order valence-corrected chi connectivity index (χ2v) is 6.41. The molecule has 0 aliphatic heterocycles. The van der Waals surface area contributed by atoms with Gasteiger partial charge in [-0.3, -0.25) is 0 Å². The predicted molar refractivity (Wildman–Crippen MR) is 80.6 cm³/mol. The predicted octanol–water partition coefficient (Wildman–Crippen LogP) is 3.36. The van der Waals surface area contributed by atoms with Crippen molar-refractivity contribution in [1.82, 2.24) is 5.32 Å². The van der Waals surface area contributed by atoms with E-state index in [4.69, 9.17) is 13.9 Å². The normalized spacial score (nSPS) is 12.3. The molecule has 0 unspecified atom stereocenters. The minimum absolute atomic E-state index is 0.106. The van der Waals surface area contributed by atoms with Crippen LogP contribution in [-0.4, -0.2) is 25.4 Å². The minimum atomic E-state index is -0.106. The van der Waals surface area contributed by atoms with E-state index >= 15 is 0 Å². The Morgan fingerprint density at radius 1 is 1.25 bits per heavy atom. The average molecular weight is 283 g/mol. The van der Waals surface area contributed by atoms with E-state index in [1.807, 2.05) is 26.8 Å². The van der Waals surface area contributed by atoms with Gasteiger partial charge in [-0.15, -0.1) is 0 Å². The number of rotatable bonds is 9. The van der Waals surface area contributed by atoms with Crippen molar-refractivity contribution in [3.8, 4) is 0 Å². The van der Waals surface area contributed by atoms with Crippen molar-refractivity contribution in [2.45, 2.75) is 53.4 Å². The lowest BCUT2D eigenvalue weighted by atomic mass is 10.2. The topological polar surface area (TPSA) is 43.6 Å². The summed E-state index contributed by atoms with van der Waals surface area (Å²) in [5.41, 5.74) is 1.00. The van der Waals surface area contributed by atoms with Crippen LogP contribution in [0.15, 0.2) is 16.7 Å². The first-order valence-corrected chi connectivity index (χ1v) is 7.36. The van der Waals surface area contributed by atoms with Crippen LogP contribution >= 0.6 is 0 Å². The van der Waals surface area contributed by atoms with E-state index in [0.29, 0.717) is 25.7 Å². The molecule has 4 heteroatoms. The van der Waals surface area contributed by atoms with Gasteiger partial charge < -0.3 is 19.2 Å². The summed E-state index contributed by atoms with van der Waals surface area (Å²) in [6.45, 7) is 14.0. The number of furan rings is 1. The third-order valence-corrected chi connectivity index (χ3v) is 2.70. The summed E-state index contributed by atoms with van der Waals surface area (Å²) < 4.78 is 16.7. The van der Waals surface area contributed by atoms with Gasteiger partial charge in [-0.05, 0) is 39.3 Å². The Hall–Kier alpha value is -0.840. The quantitative estimate of drug-likeness (QED) is 0.706. The first kappa shape index (κ1) is 17.2. The van der Waals surface area contributed by atoms with Crippen LogP contribution in [-0.2, 0) is 22.6 Å². The van der Waals surface area contributed by atoms with Gasteiger partial charge in [0.1, 0.15) is 5.76 Å². The molecule has 0 aromatic carbocycles. The molecule has 0 atom stereocenters. The Labute approximate surface area is 122 Å². The number of ether oxygens (including phenoxy) is 2. The summed E-state index contributed by atoms with van der Waals surface area (Å²) in [7, 11) is 0. The summed E-state index contributed by atoms with van der Waals surface area (Å²) in [4.78, 5) is 0. The lowest BCUT2D eigenvalue weighted by Crippen LogP contribution is -2.22. The van der Waals surface area contributed by atoms with Crippen LogP contribution in [0.5, 0.6) is 0 Å². The average Bonchev–Trinajstić information content (AvgIpc) is 2.74. The Morgan fingerprint density at radius 3 is 2.65 bits per heavy atom. The van der Waals surface area contributed by atoms with Gasteiger partial charge in [0.25, 0.3) is 0 Å². The van der Waals surface area contributed by atoms with E-state index in [-0.39, 0.29) is 5.60 Å². The molecule has 0 aliphatic rings. The molecule has 20 heavy (non-hydrogen) atoms. The number of nitrogens with one attached hydrogen (secondary N) is 1. The molecule has 1 aromatic rings. The molecule has 0 saturated carbocycles. The van der Waals surface area contributed by atoms with Crippen molar-refractivity contribution in [2.75, 3.05) is 19.8 Å².